The lowest BCUT2D eigenvalue weighted by molar-refractivity contribution is -0.383. The van der Waals surface area contributed by atoms with Gasteiger partial charge in [0.15, 0.2) is 0 Å². The lowest BCUT2D eigenvalue weighted by atomic mass is 10.1. The Hall–Kier alpha value is -1.70. The van der Waals surface area contributed by atoms with Crippen molar-refractivity contribution in [2.75, 3.05) is 25.5 Å². The summed E-state index contributed by atoms with van der Waals surface area (Å²) in [4.78, 5) is 24.3. The van der Waals surface area contributed by atoms with Crippen molar-refractivity contribution in [2.24, 2.45) is 5.92 Å². The number of nitrogens with zero attached hydrogens (tertiary/aromatic N) is 2. The normalized spacial score (nSPS) is 20.7. The fourth-order valence-electron chi connectivity index (χ4n) is 2.89. The third kappa shape index (κ3) is 4.89. The molecule has 0 aromatic heterocycles. The summed E-state index contributed by atoms with van der Waals surface area (Å²) in [6, 6.07) is 4.11. The number of nitro groups is 1. The molecule has 2 atom stereocenters. The molecule has 0 aliphatic heterocycles. The summed E-state index contributed by atoms with van der Waals surface area (Å²) in [5.74, 6) is -0.164. The van der Waals surface area contributed by atoms with Gasteiger partial charge >= 0.3 is 0 Å². The predicted octanol–water partition coefficient (Wildman–Crippen LogP) is 2.28. The van der Waals surface area contributed by atoms with Gasteiger partial charge in [-0.1, -0.05) is 18.0 Å². The Balaban J connectivity index is 1.93. The van der Waals surface area contributed by atoms with Gasteiger partial charge in [0.05, 0.1) is 17.6 Å². The van der Waals surface area contributed by atoms with Gasteiger partial charge in [-0.3, -0.25) is 19.8 Å². The van der Waals surface area contributed by atoms with E-state index < -0.39 is 4.92 Å². The molecule has 2 unspecified atom stereocenters. The quantitative estimate of drug-likeness (QED) is 0.611. The number of hydrogen-bond acceptors (Lipinski definition) is 5. The summed E-state index contributed by atoms with van der Waals surface area (Å²) in [7, 11) is 1.79. The standard InChI is InChI=1S/C15H20ClN3O4/c1-18(8-10-3-2-4-14(10)20)9-15(21)17-12-6-5-11(16)7-13(12)19(22)23/h5-7,10,14,20H,2-4,8-9H2,1H3,(H,17,21). The summed E-state index contributed by atoms with van der Waals surface area (Å²) in [5, 5.41) is 23.6. The molecule has 0 spiro atoms. The first kappa shape index (κ1) is 17.7. The van der Waals surface area contributed by atoms with E-state index in [1.807, 2.05) is 4.90 Å². The van der Waals surface area contributed by atoms with Crippen molar-refractivity contribution in [3.63, 3.8) is 0 Å². The summed E-state index contributed by atoms with van der Waals surface area (Å²) in [6.45, 7) is 0.723. The van der Waals surface area contributed by atoms with Crippen LogP contribution in [0.1, 0.15) is 19.3 Å². The van der Waals surface area contributed by atoms with Crippen LogP contribution in [0, 0.1) is 16.0 Å². The number of rotatable bonds is 6. The summed E-state index contributed by atoms with van der Waals surface area (Å²) in [6.07, 6.45) is 2.46. The number of nitro benzene ring substituents is 1. The van der Waals surface area contributed by atoms with Crippen LogP contribution in [0.15, 0.2) is 18.2 Å². The topological polar surface area (TPSA) is 95.7 Å². The van der Waals surface area contributed by atoms with Gasteiger partial charge in [0.25, 0.3) is 5.69 Å². The average molecular weight is 342 g/mol. The van der Waals surface area contributed by atoms with Crippen molar-refractivity contribution >= 4 is 28.9 Å². The third-order valence-corrected chi connectivity index (χ3v) is 4.24. The second-order valence-corrected chi connectivity index (χ2v) is 6.36. The first-order chi connectivity index (χ1) is 10.9. The van der Waals surface area contributed by atoms with Gasteiger partial charge in [0.2, 0.25) is 5.91 Å². The Morgan fingerprint density at radius 3 is 2.87 bits per heavy atom. The maximum absolute atomic E-state index is 12.1. The molecule has 8 heteroatoms. The van der Waals surface area contributed by atoms with Crippen LogP contribution in [-0.4, -0.2) is 47.1 Å². The number of likely N-dealkylation sites (N-methyl/N-ethyl adjacent to an activating group) is 1. The van der Waals surface area contributed by atoms with Crippen LogP contribution >= 0.6 is 11.6 Å². The molecule has 1 fully saturated rings. The molecular weight excluding hydrogens is 322 g/mol. The minimum absolute atomic E-state index is 0.100. The Labute approximate surface area is 139 Å². The van der Waals surface area contributed by atoms with Crippen molar-refractivity contribution in [3.05, 3.63) is 33.3 Å². The van der Waals surface area contributed by atoms with Crippen molar-refractivity contribution in [1.82, 2.24) is 4.90 Å². The van der Waals surface area contributed by atoms with Crippen LogP contribution in [0.5, 0.6) is 0 Å². The molecule has 23 heavy (non-hydrogen) atoms. The molecule has 2 N–H and O–H groups in total. The zero-order valence-electron chi connectivity index (χ0n) is 12.9. The van der Waals surface area contributed by atoms with Gasteiger partial charge in [0.1, 0.15) is 5.69 Å². The number of hydrogen-bond donors (Lipinski definition) is 2. The van der Waals surface area contributed by atoms with E-state index in [0.717, 1.165) is 19.3 Å². The number of aliphatic hydroxyl groups excluding tert-OH is 1. The molecule has 0 heterocycles. The number of anilines is 1. The largest absolute Gasteiger partial charge is 0.393 e. The predicted molar refractivity (Wildman–Crippen MR) is 87.6 cm³/mol. The van der Waals surface area contributed by atoms with Crippen molar-refractivity contribution < 1.29 is 14.8 Å². The molecule has 0 radical (unpaired) electrons. The summed E-state index contributed by atoms with van der Waals surface area (Å²) in [5.41, 5.74) is -0.113. The zero-order valence-corrected chi connectivity index (χ0v) is 13.6. The van der Waals surface area contributed by atoms with Crippen LogP contribution in [0.3, 0.4) is 0 Å². The molecule has 0 saturated heterocycles. The molecule has 1 aromatic rings. The Morgan fingerprint density at radius 1 is 1.52 bits per heavy atom. The monoisotopic (exact) mass is 341 g/mol. The Kier molecular flexibility index (Phi) is 5.92. The number of amides is 1. The first-order valence-corrected chi connectivity index (χ1v) is 7.85. The van der Waals surface area contributed by atoms with Crippen LogP contribution in [0.2, 0.25) is 5.02 Å². The van der Waals surface area contributed by atoms with Gasteiger partial charge in [-0.15, -0.1) is 0 Å². The Bertz CT molecular complexity index is 596. The molecule has 1 aliphatic carbocycles. The number of carbonyl (C=O) groups excluding carboxylic acids is 1. The molecule has 1 aliphatic rings. The van der Waals surface area contributed by atoms with E-state index in [1.165, 1.54) is 18.2 Å². The lowest BCUT2D eigenvalue weighted by Gasteiger charge is -2.22. The maximum atomic E-state index is 12.1. The van der Waals surface area contributed by atoms with E-state index >= 15 is 0 Å². The SMILES string of the molecule is CN(CC(=O)Nc1ccc(Cl)cc1[N+](=O)[O-])CC1CCCC1O. The molecule has 0 bridgehead atoms. The highest BCUT2D eigenvalue weighted by Crippen LogP contribution is 2.28. The van der Waals surface area contributed by atoms with Gasteiger partial charge in [-0.25, -0.2) is 0 Å². The van der Waals surface area contributed by atoms with Gasteiger partial charge < -0.3 is 10.4 Å². The zero-order chi connectivity index (χ0) is 17.0. The van der Waals surface area contributed by atoms with Gasteiger partial charge in [-0.2, -0.15) is 0 Å². The van der Waals surface area contributed by atoms with Gasteiger partial charge in [0, 0.05) is 17.6 Å². The molecule has 1 aromatic carbocycles. The number of halogens is 1. The average Bonchev–Trinajstić information content (AvgIpc) is 2.85. The van der Waals surface area contributed by atoms with Crippen LogP contribution in [0.4, 0.5) is 11.4 Å². The van der Waals surface area contributed by atoms with Gasteiger partial charge in [-0.05, 0) is 37.9 Å². The summed E-state index contributed by atoms with van der Waals surface area (Å²) >= 11 is 5.74. The third-order valence-electron chi connectivity index (χ3n) is 4.01. The van der Waals surface area contributed by atoms with Crippen LogP contribution in [0.25, 0.3) is 0 Å². The number of benzene rings is 1. The first-order valence-electron chi connectivity index (χ1n) is 7.47. The van der Waals surface area contributed by atoms with E-state index in [9.17, 15) is 20.0 Å². The smallest absolute Gasteiger partial charge is 0.294 e. The maximum Gasteiger partial charge on any atom is 0.294 e. The number of carbonyl (C=O) groups is 1. The fraction of sp³-hybridized carbons (Fsp3) is 0.533. The highest BCUT2D eigenvalue weighted by atomic mass is 35.5. The van der Waals surface area contributed by atoms with Crippen LogP contribution < -0.4 is 5.32 Å². The molecule has 126 valence electrons. The molecule has 7 nitrogen and oxygen atoms in total. The lowest BCUT2D eigenvalue weighted by Crippen LogP contribution is -2.35. The molecule has 1 saturated carbocycles. The molecular formula is C15H20ClN3O4. The second-order valence-electron chi connectivity index (χ2n) is 5.92. The molecule has 1 amide bonds. The highest BCUT2D eigenvalue weighted by Gasteiger charge is 2.26. The minimum Gasteiger partial charge on any atom is -0.393 e. The number of aliphatic hydroxyl groups is 1. The highest BCUT2D eigenvalue weighted by molar-refractivity contribution is 6.31. The second kappa shape index (κ2) is 7.72. The van der Waals surface area contributed by atoms with Crippen molar-refractivity contribution in [1.29, 1.82) is 0 Å². The Morgan fingerprint density at radius 2 is 2.26 bits per heavy atom. The van der Waals surface area contributed by atoms with E-state index in [1.54, 1.807) is 7.05 Å². The van der Waals surface area contributed by atoms with E-state index in [-0.39, 0.29) is 40.9 Å². The van der Waals surface area contributed by atoms with E-state index in [4.69, 9.17) is 11.6 Å². The van der Waals surface area contributed by atoms with Crippen molar-refractivity contribution in [3.8, 4) is 0 Å². The minimum atomic E-state index is -0.583. The van der Waals surface area contributed by atoms with Crippen molar-refractivity contribution in [2.45, 2.75) is 25.4 Å². The molecule has 2 rings (SSSR count). The van der Waals surface area contributed by atoms with Crippen LogP contribution in [-0.2, 0) is 4.79 Å². The van der Waals surface area contributed by atoms with E-state index in [2.05, 4.69) is 5.32 Å². The summed E-state index contributed by atoms with van der Waals surface area (Å²) < 4.78 is 0. The fourth-order valence-corrected chi connectivity index (χ4v) is 3.06. The van der Waals surface area contributed by atoms with E-state index in [0.29, 0.717) is 6.54 Å². The number of nitrogens with one attached hydrogen (secondary N) is 1.